The SMILES string of the molecule is CS(=O)(=O)NCCCc1ccc(N2CC(=O)NS2(=O)=O)c(O)c1.O=C1CN(c2ccc(CCCNS(=O)(=O)c3ccccc3)cc2O)S(=O)(=O)N1. The van der Waals surface area contributed by atoms with Crippen LogP contribution in [0.15, 0.2) is 71.6 Å². The molecule has 0 saturated carbocycles. The first-order valence-corrected chi connectivity index (χ1v) is 21.3. The second-order valence-electron chi connectivity index (χ2n) is 11.3. The zero-order valence-electron chi connectivity index (χ0n) is 27.0. The molecular formula is C29H36N6O12S4. The Bertz CT molecular complexity index is 2220. The van der Waals surface area contributed by atoms with E-state index < -0.39 is 58.8 Å². The summed E-state index contributed by atoms with van der Waals surface area (Å²) in [5, 5.41) is 20.1. The summed E-state index contributed by atoms with van der Waals surface area (Å²) in [7, 11) is -14.8. The minimum Gasteiger partial charge on any atom is -0.506 e. The second-order valence-corrected chi connectivity index (χ2v) is 18.1. The molecule has 0 atom stereocenters. The molecule has 2 heterocycles. The Balaban J connectivity index is 0.000000233. The van der Waals surface area contributed by atoms with Crippen molar-refractivity contribution >= 4 is 63.7 Å². The van der Waals surface area contributed by atoms with Gasteiger partial charge >= 0.3 is 20.4 Å². The first-order chi connectivity index (χ1) is 23.8. The first-order valence-electron chi connectivity index (χ1n) is 15.1. The fraction of sp³-hybridized carbons (Fsp3) is 0.310. The third kappa shape index (κ3) is 10.8. The van der Waals surface area contributed by atoms with E-state index in [9.17, 15) is 53.5 Å². The monoisotopic (exact) mass is 788 g/mol. The molecule has 0 radical (unpaired) electrons. The van der Waals surface area contributed by atoms with E-state index >= 15 is 0 Å². The third-order valence-electron chi connectivity index (χ3n) is 7.25. The highest BCUT2D eigenvalue weighted by atomic mass is 32.2. The molecule has 0 aliphatic carbocycles. The van der Waals surface area contributed by atoms with E-state index in [0.29, 0.717) is 31.2 Å². The molecule has 0 unspecified atom stereocenters. The third-order valence-corrected chi connectivity index (χ3v) is 12.2. The lowest BCUT2D eigenvalue weighted by Crippen LogP contribution is -2.29. The zero-order chi connectivity index (χ0) is 37.6. The van der Waals surface area contributed by atoms with Gasteiger partial charge in [-0.1, -0.05) is 30.3 Å². The van der Waals surface area contributed by atoms with Gasteiger partial charge in [-0.3, -0.25) is 9.59 Å². The van der Waals surface area contributed by atoms with Crippen molar-refractivity contribution in [2.45, 2.75) is 30.6 Å². The molecule has 0 aromatic heterocycles. The van der Waals surface area contributed by atoms with Gasteiger partial charge in [0.1, 0.15) is 24.6 Å². The number of hydrogen-bond donors (Lipinski definition) is 6. The highest BCUT2D eigenvalue weighted by Gasteiger charge is 2.36. The Kier molecular flexibility index (Phi) is 12.2. The molecule has 0 spiro atoms. The molecule has 2 aliphatic heterocycles. The maximum Gasteiger partial charge on any atom is 0.326 e. The van der Waals surface area contributed by atoms with Gasteiger partial charge in [-0.25, -0.2) is 44.3 Å². The Hall–Kier alpha value is -4.48. The van der Waals surface area contributed by atoms with Crippen molar-refractivity contribution in [1.29, 1.82) is 0 Å². The van der Waals surface area contributed by atoms with E-state index in [0.717, 1.165) is 20.4 Å². The summed E-state index contributed by atoms with van der Waals surface area (Å²) in [6.07, 6.45) is 3.04. The first kappa shape index (κ1) is 39.3. The minimum atomic E-state index is -3.99. The van der Waals surface area contributed by atoms with E-state index in [1.165, 1.54) is 36.4 Å². The molecule has 22 heteroatoms. The van der Waals surface area contributed by atoms with Crippen LogP contribution in [-0.4, -0.2) is 88.1 Å². The summed E-state index contributed by atoms with van der Waals surface area (Å²) in [5.41, 5.74) is 1.45. The summed E-state index contributed by atoms with van der Waals surface area (Å²) in [4.78, 5) is 22.7. The highest BCUT2D eigenvalue weighted by Crippen LogP contribution is 2.32. The van der Waals surface area contributed by atoms with E-state index in [-0.39, 0.29) is 47.4 Å². The number of carbonyl (C=O) groups excluding carboxylic acids is 2. The Labute approximate surface area is 295 Å². The second kappa shape index (κ2) is 15.8. The van der Waals surface area contributed by atoms with Crippen LogP contribution in [0.25, 0.3) is 0 Å². The van der Waals surface area contributed by atoms with Gasteiger partial charge in [-0.15, -0.1) is 0 Å². The molecule has 3 aromatic rings. The molecule has 6 N–H and O–H groups in total. The standard InChI is InChI=1S/C17H19N3O6S2.C12H17N3O6S2/c21-16-11-13(8-9-15(16)20-12-17(22)19-28(20,25)26)5-4-10-18-27(23,24)14-6-2-1-3-7-14;1-22(18,19)13-6-2-3-9-4-5-10(11(16)7-9)15-8-12(17)14-23(15,20)21/h1-3,6-9,11,18,21H,4-5,10,12H2,(H,19,22);4-5,7,13,16H,2-3,6,8H2,1H3,(H,14,17). The van der Waals surface area contributed by atoms with Crippen LogP contribution in [0.2, 0.25) is 0 Å². The quantitative estimate of drug-likeness (QED) is 0.120. The molecule has 2 aliphatic rings. The fourth-order valence-corrected chi connectivity index (χ4v) is 8.86. The van der Waals surface area contributed by atoms with Gasteiger partial charge < -0.3 is 10.2 Å². The number of nitrogens with one attached hydrogen (secondary N) is 4. The van der Waals surface area contributed by atoms with Crippen LogP contribution in [-0.2, 0) is 62.9 Å². The average Bonchev–Trinajstić information content (AvgIpc) is 3.47. The van der Waals surface area contributed by atoms with Gasteiger partial charge in [0, 0.05) is 13.1 Å². The smallest absolute Gasteiger partial charge is 0.326 e. The molecule has 278 valence electrons. The van der Waals surface area contributed by atoms with Gasteiger partial charge in [-0.05, 0) is 73.2 Å². The summed E-state index contributed by atoms with van der Waals surface area (Å²) in [6, 6.07) is 16.9. The van der Waals surface area contributed by atoms with Crippen molar-refractivity contribution in [2.24, 2.45) is 0 Å². The van der Waals surface area contributed by atoms with Crippen LogP contribution in [0.5, 0.6) is 11.5 Å². The number of rotatable bonds is 13. The molecule has 51 heavy (non-hydrogen) atoms. The summed E-state index contributed by atoms with van der Waals surface area (Å²) < 4.78 is 103. The molecule has 3 aromatic carbocycles. The molecule has 2 fully saturated rings. The number of sulfonamides is 2. The number of nitrogens with zero attached hydrogens (tertiary/aromatic N) is 2. The molecule has 18 nitrogen and oxygen atoms in total. The van der Waals surface area contributed by atoms with Crippen LogP contribution >= 0.6 is 0 Å². The molecule has 0 bridgehead atoms. The number of aromatic hydroxyl groups is 2. The van der Waals surface area contributed by atoms with E-state index in [1.54, 1.807) is 30.3 Å². The van der Waals surface area contributed by atoms with Crippen molar-refractivity contribution in [1.82, 2.24) is 18.9 Å². The largest absolute Gasteiger partial charge is 0.506 e. The fourth-order valence-electron chi connectivity index (χ4n) is 4.93. The molecule has 2 amide bonds. The van der Waals surface area contributed by atoms with Crippen molar-refractivity contribution in [3.8, 4) is 11.5 Å². The van der Waals surface area contributed by atoms with E-state index in [4.69, 9.17) is 0 Å². The van der Waals surface area contributed by atoms with Crippen LogP contribution in [0, 0.1) is 0 Å². The van der Waals surface area contributed by atoms with Crippen molar-refractivity contribution < 1.29 is 53.5 Å². The molecule has 2 saturated heterocycles. The number of carbonyl (C=O) groups is 2. The molecule has 5 rings (SSSR count). The summed E-state index contributed by atoms with van der Waals surface area (Å²) in [6.45, 7) is -0.303. The van der Waals surface area contributed by atoms with Crippen molar-refractivity contribution in [3.05, 3.63) is 77.9 Å². The Morgan fingerprint density at radius 3 is 1.49 bits per heavy atom. The van der Waals surface area contributed by atoms with Gasteiger partial charge in [0.2, 0.25) is 20.0 Å². The maximum atomic E-state index is 12.1. The predicted octanol–water partition coefficient (Wildman–Crippen LogP) is -0.461. The van der Waals surface area contributed by atoms with Crippen molar-refractivity contribution in [2.75, 3.05) is 41.0 Å². The normalized spacial score (nSPS) is 16.6. The van der Waals surface area contributed by atoms with Crippen LogP contribution in [0.4, 0.5) is 11.4 Å². The number of phenols is 2. The van der Waals surface area contributed by atoms with Crippen molar-refractivity contribution in [3.63, 3.8) is 0 Å². The summed E-state index contributed by atoms with van der Waals surface area (Å²) in [5.74, 6) is -1.88. The number of hydrogen-bond acceptors (Lipinski definition) is 12. The summed E-state index contributed by atoms with van der Waals surface area (Å²) >= 11 is 0. The van der Waals surface area contributed by atoms with Gasteiger partial charge in [0.15, 0.2) is 0 Å². The average molecular weight is 789 g/mol. The zero-order valence-corrected chi connectivity index (χ0v) is 30.3. The number of amides is 2. The Morgan fingerprint density at radius 2 is 1.12 bits per heavy atom. The highest BCUT2D eigenvalue weighted by molar-refractivity contribution is 7.92. The predicted molar refractivity (Wildman–Crippen MR) is 186 cm³/mol. The lowest BCUT2D eigenvalue weighted by Gasteiger charge is -2.16. The number of benzene rings is 3. The van der Waals surface area contributed by atoms with E-state index in [2.05, 4.69) is 9.44 Å². The van der Waals surface area contributed by atoms with Crippen LogP contribution in [0.3, 0.4) is 0 Å². The topological polar surface area (TPSA) is 266 Å². The lowest BCUT2D eigenvalue weighted by molar-refractivity contribution is -0.118. The minimum absolute atomic E-state index is 0.00637. The molecular weight excluding hydrogens is 753 g/mol. The van der Waals surface area contributed by atoms with Crippen LogP contribution in [0.1, 0.15) is 24.0 Å². The number of phenolic OH excluding ortho intramolecular Hbond substituents is 2. The van der Waals surface area contributed by atoms with Gasteiger partial charge in [0.05, 0.1) is 22.5 Å². The van der Waals surface area contributed by atoms with Crippen LogP contribution < -0.4 is 27.5 Å². The lowest BCUT2D eigenvalue weighted by atomic mass is 10.1. The van der Waals surface area contributed by atoms with Gasteiger partial charge in [-0.2, -0.15) is 16.8 Å². The van der Waals surface area contributed by atoms with Gasteiger partial charge in [0.25, 0.3) is 11.8 Å². The maximum absolute atomic E-state index is 12.1. The van der Waals surface area contributed by atoms with E-state index in [1.807, 2.05) is 9.44 Å². The Morgan fingerprint density at radius 1 is 0.686 bits per heavy atom. The number of anilines is 2. The number of aryl methyl sites for hydroxylation is 2.